The summed E-state index contributed by atoms with van der Waals surface area (Å²) in [5.74, 6) is 0.930. The van der Waals surface area contributed by atoms with Gasteiger partial charge < -0.3 is 10.8 Å². The van der Waals surface area contributed by atoms with Gasteiger partial charge in [0, 0.05) is 16.1 Å². The van der Waals surface area contributed by atoms with E-state index in [2.05, 4.69) is 29.8 Å². The summed E-state index contributed by atoms with van der Waals surface area (Å²) in [6.45, 7) is 4.35. The average Bonchev–Trinajstić information content (AvgIpc) is 2.18. The van der Waals surface area contributed by atoms with Crippen molar-refractivity contribution in [1.29, 1.82) is 0 Å². The Balaban J connectivity index is 2.72. The number of aromatic hydroxyl groups is 1. The quantitative estimate of drug-likeness (QED) is 0.879. The lowest BCUT2D eigenvalue weighted by atomic mass is 9.98. The third-order valence-electron chi connectivity index (χ3n) is 2.44. The molecule has 0 fully saturated rings. The molecule has 0 aliphatic heterocycles. The first-order valence-corrected chi connectivity index (χ1v) is 6.04. The predicted molar refractivity (Wildman–Crippen MR) is 66.8 cm³/mol. The molecule has 0 unspecified atom stereocenters. The number of halogens is 1. The van der Waals surface area contributed by atoms with E-state index < -0.39 is 0 Å². The fourth-order valence-electron chi connectivity index (χ4n) is 1.49. The van der Waals surface area contributed by atoms with E-state index in [1.807, 2.05) is 12.1 Å². The Hall–Kier alpha value is -0.540. The maximum Gasteiger partial charge on any atom is 0.120 e. The lowest BCUT2D eigenvalue weighted by molar-refractivity contribution is 0.448. The highest BCUT2D eigenvalue weighted by Gasteiger charge is 2.11. The van der Waals surface area contributed by atoms with Crippen molar-refractivity contribution in [2.24, 2.45) is 11.7 Å². The van der Waals surface area contributed by atoms with Crippen LogP contribution in [0.2, 0.25) is 0 Å². The second-order valence-corrected chi connectivity index (χ2v) is 5.20. The van der Waals surface area contributed by atoms with Crippen LogP contribution in [0, 0.1) is 5.92 Å². The molecule has 0 amide bonds. The minimum atomic E-state index is -0.0788. The van der Waals surface area contributed by atoms with E-state index in [1.54, 1.807) is 6.07 Å². The summed E-state index contributed by atoms with van der Waals surface area (Å²) < 4.78 is 0.954. The van der Waals surface area contributed by atoms with E-state index in [4.69, 9.17) is 5.73 Å². The zero-order valence-electron chi connectivity index (χ0n) is 9.20. The maximum absolute atomic E-state index is 9.67. The van der Waals surface area contributed by atoms with Crippen molar-refractivity contribution in [1.82, 2.24) is 0 Å². The molecule has 15 heavy (non-hydrogen) atoms. The lowest BCUT2D eigenvalue weighted by Gasteiger charge is -2.15. The molecular weight excluding hydrogens is 254 g/mol. The van der Waals surface area contributed by atoms with Crippen LogP contribution in [-0.2, 0) is 0 Å². The van der Waals surface area contributed by atoms with E-state index in [0.29, 0.717) is 5.92 Å². The first-order valence-electron chi connectivity index (χ1n) is 5.24. The molecule has 1 rings (SSSR count). The topological polar surface area (TPSA) is 46.2 Å². The first kappa shape index (κ1) is 12.5. The van der Waals surface area contributed by atoms with Crippen LogP contribution in [0.5, 0.6) is 5.75 Å². The van der Waals surface area contributed by atoms with Crippen molar-refractivity contribution >= 4 is 15.9 Å². The van der Waals surface area contributed by atoms with Gasteiger partial charge in [-0.25, -0.2) is 0 Å². The molecule has 0 aliphatic carbocycles. The molecule has 1 aromatic rings. The first-order chi connectivity index (χ1) is 7.00. The molecule has 0 aliphatic rings. The standard InChI is InChI=1S/C12H18BrNO/c1-8(2)3-5-11(14)10-7-9(13)4-6-12(10)15/h4,6-8,11,15H,3,5,14H2,1-2H3/t11-/m0/s1. The van der Waals surface area contributed by atoms with E-state index in [-0.39, 0.29) is 11.8 Å². The summed E-state index contributed by atoms with van der Waals surface area (Å²) in [7, 11) is 0. The van der Waals surface area contributed by atoms with Crippen LogP contribution in [0.15, 0.2) is 22.7 Å². The molecule has 0 spiro atoms. The maximum atomic E-state index is 9.67. The van der Waals surface area contributed by atoms with Gasteiger partial charge in [-0.3, -0.25) is 0 Å². The van der Waals surface area contributed by atoms with Crippen LogP contribution in [-0.4, -0.2) is 5.11 Å². The molecule has 0 saturated heterocycles. The smallest absolute Gasteiger partial charge is 0.120 e. The van der Waals surface area contributed by atoms with Crippen LogP contribution in [0.1, 0.15) is 38.3 Å². The Bertz CT molecular complexity index is 325. The minimum Gasteiger partial charge on any atom is -0.508 e. The van der Waals surface area contributed by atoms with Gasteiger partial charge in [0.15, 0.2) is 0 Å². The summed E-state index contributed by atoms with van der Waals surface area (Å²) >= 11 is 3.38. The summed E-state index contributed by atoms with van der Waals surface area (Å²) in [5, 5.41) is 9.67. The zero-order valence-corrected chi connectivity index (χ0v) is 10.8. The molecule has 0 bridgehead atoms. The second kappa shape index (κ2) is 5.52. The lowest BCUT2D eigenvalue weighted by Crippen LogP contribution is -2.11. The molecule has 84 valence electrons. The van der Waals surface area contributed by atoms with Crippen molar-refractivity contribution < 1.29 is 5.11 Å². The highest BCUT2D eigenvalue weighted by molar-refractivity contribution is 9.10. The Morgan fingerprint density at radius 1 is 1.33 bits per heavy atom. The van der Waals surface area contributed by atoms with Crippen LogP contribution >= 0.6 is 15.9 Å². The third-order valence-corrected chi connectivity index (χ3v) is 2.94. The van der Waals surface area contributed by atoms with Crippen molar-refractivity contribution in [3.05, 3.63) is 28.2 Å². The molecule has 3 heteroatoms. The van der Waals surface area contributed by atoms with Gasteiger partial charge in [-0.2, -0.15) is 0 Å². The molecule has 0 radical (unpaired) electrons. The largest absolute Gasteiger partial charge is 0.508 e. The van der Waals surface area contributed by atoms with E-state index >= 15 is 0 Å². The van der Waals surface area contributed by atoms with E-state index in [9.17, 15) is 5.11 Å². The number of hydrogen-bond acceptors (Lipinski definition) is 2. The predicted octanol–water partition coefficient (Wildman–Crippen LogP) is 3.59. The zero-order chi connectivity index (χ0) is 11.4. The molecule has 1 atom stereocenters. The summed E-state index contributed by atoms with van der Waals surface area (Å²) in [6.07, 6.45) is 1.98. The van der Waals surface area contributed by atoms with Gasteiger partial charge in [0.2, 0.25) is 0 Å². The van der Waals surface area contributed by atoms with Gasteiger partial charge in [-0.05, 0) is 37.0 Å². The highest BCUT2D eigenvalue weighted by atomic mass is 79.9. The minimum absolute atomic E-state index is 0.0788. The van der Waals surface area contributed by atoms with E-state index in [0.717, 1.165) is 22.9 Å². The number of rotatable bonds is 4. The van der Waals surface area contributed by atoms with Gasteiger partial charge in [-0.1, -0.05) is 29.8 Å². The van der Waals surface area contributed by atoms with Crippen LogP contribution in [0.25, 0.3) is 0 Å². The van der Waals surface area contributed by atoms with Gasteiger partial charge in [0.25, 0.3) is 0 Å². The Morgan fingerprint density at radius 3 is 2.60 bits per heavy atom. The van der Waals surface area contributed by atoms with Gasteiger partial charge in [0.1, 0.15) is 5.75 Å². The van der Waals surface area contributed by atoms with Crippen LogP contribution < -0.4 is 5.73 Å². The van der Waals surface area contributed by atoms with Crippen molar-refractivity contribution in [2.75, 3.05) is 0 Å². The number of nitrogens with two attached hydrogens (primary N) is 1. The SMILES string of the molecule is CC(C)CC[C@H](N)c1cc(Br)ccc1O. The fourth-order valence-corrected chi connectivity index (χ4v) is 1.87. The van der Waals surface area contributed by atoms with Crippen LogP contribution in [0.4, 0.5) is 0 Å². The van der Waals surface area contributed by atoms with Crippen molar-refractivity contribution in [3.8, 4) is 5.75 Å². The summed E-state index contributed by atoms with van der Waals surface area (Å²) in [6, 6.07) is 5.30. The number of hydrogen-bond donors (Lipinski definition) is 2. The molecule has 3 N–H and O–H groups in total. The molecule has 1 aromatic carbocycles. The molecular formula is C12H18BrNO. The van der Waals surface area contributed by atoms with E-state index in [1.165, 1.54) is 0 Å². The Kier molecular flexibility index (Phi) is 4.61. The Morgan fingerprint density at radius 2 is 2.00 bits per heavy atom. The van der Waals surface area contributed by atoms with Gasteiger partial charge in [0.05, 0.1) is 0 Å². The van der Waals surface area contributed by atoms with Crippen molar-refractivity contribution in [2.45, 2.75) is 32.7 Å². The second-order valence-electron chi connectivity index (χ2n) is 4.28. The number of phenols is 1. The molecule has 0 saturated carbocycles. The molecule has 0 heterocycles. The van der Waals surface area contributed by atoms with Gasteiger partial charge >= 0.3 is 0 Å². The number of benzene rings is 1. The summed E-state index contributed by atoms with van der Waals surface area (Å²) in [4.78, 5) is 0. The number of phenolic OH excluding ortho intramolecular Hbond substituents is 1. The third kappa shape index (κ3) is 3.84. The monoisotopic (exact) mass is 271 g/mol. The molecule has 2 nitrogen and oxygen atoms in total. The van der Waals surface area contributed by atoms with Crippen molar-refractivity contribution in [3.63, 3.8) is 0 Å². The normalized spacial score (nSPS) is 13.1. The van der Waals surface area contributed by atoms with Gasteiger partial charge in [-0.15, -0.1) is 0 Å². The van der Waals surface area contributed by atoms with Crippen LogP contribution in [0.3, 0.4) is 0 Å². The fraction of sp³-hybridized carbons (Fsp3) is 0.500. The molecule has 0 aromatic heterocycles. The summed E-state index contributed by atoms with van der Waals surface area (Å²) in [5.41, 5.74) is 6.86. The average molecular weight is 272 g/mol. The Labute approximate surface area is 99.6 Å². The highest BCUT2D eigenvalue weighted by Crippen LogP contribution is 2.29.